The van der Waals surface area contributed by atoms with E-state index in [9.17, 15) is 8.78 Å². The number of ether oxygens (including phenoxy) is 2. The lowest BCUT2D eigenvalue weighted by atomic mass is 9.96. The highest BCUT2D eigenvalue weighted by atomic mass is 19.2. The second-order valence-electron chi connectivity index (χ2n) is 4.30. The highest BCUT2D eigenvalue weighted by molar-refractivity contribution is 5.50. The van der Waals surface area contributed by atoms with Crippen LogP contribution in [-0.2, 0) is 0 Å². The number of halogens is 2. The van der Waals surface area contributed by atoms with E-state index in [1.807, 2.05) is 0 Å². The number of hydrogen-bond donors (Lipinski definition) is 1. The van der Waals surface area contributed by atoms with Gasteiger partial charge in [0.05, 0.1) is 0 Å². The van der Waals surface area contributed by atoms with Crippen molar-refractivity contribution >= 4 is 0 Å². The maximum atomic E-state index is 13.9. The molecule has 0 saturated carbocycles. The zero-order chi connectivity index (χ0) is 11.8. The molecule has 1 saturated heterocycles. The monoisotopic (exact) mass is 241 g/mol. The van der Waals surface area contributed by atoms with Crippen molar-refractivity contribution in [2.45, 2.75) is 12.3 Å². The fraction of sp³-hybridized carbons (Fsp3) is 0.500. The number of fused-ring (bicyclic) bond motifs is 1. The number of nitrogens with one attached hydrogen (secondary N) is 1. The Bertz CT molecular complexity index is 445. The first-order valence-corrected chi connectivity index (χ1v) is 5.75. The maximum absolute atomic E-state index is 13.9. The van der Waals surface area contributed by atoms with Gasteiger partial charge in [0, 0.05) is 24.1 Å². The minimum Gasteiger partial charge on any atom is -0.486 e. The largest absolute Gasteiger partial charge is 0.486 e. The molecule has 0 amide bonds. The predicted octanol–water partition coefficient (Wildman–Crippen LogP) is 1.81. The number of rotatable bonds is 1. The van der Waals surface area contributed by atoms with Gasteiger partial charge in [-0.25, -0.2) is 8.78 Å². The van der Waals surface area contributed by atoms with E-state index in [0.717, 1.165) is 19.0 Å². The zero-order valence-corrected chi connectivity index (χ0v) is 9.26. The second kappa shape index (κ2) is 4.14. The van der Waals surface area contributed by atoms with Gasteiger partial charge in [-0.1, -0.05) is 0 Å². The molecule has 1 unspecified atom stereocenters. The van der Waals surface area contributed by atoms with E-state index in [1.54, 1.807) is 0 Å². The molecule has 1 aromatic carbocycles. The van der Waals surface area contributed by atoms with Gasteiger partial charge in [0.15, 0.2) is 23.1 Å². The highest BCUT2D eigenvalue weighted by Gasteiger charge is 2.30. The molecule has 17 heavy (non-hydrogen) atoms. The summed E-state index contributed by atoms with van der Waals surface area (Å²) < 4.78 is 38.1. The fourth-order valence-corrected chi connectivity index (χ4v) is 2.42. The molecule has 1 fully saturated rings. The Balaban J connectivity index is 2.12. The van der Waals surface area contributed by atoms with Crippen molar-refractivity contribution in [3.8, 4) is 11.5 Å². The van der Waals surface area contributed by atoms with Gasteiger partial charge in [-0.15, -0.1) is 0 Å². The molecule has 0 radical (unpaired) electrons. The van der Waals surface area contributed by atoms with Crippen LogP contribution in [0.2, 0.25) is 0 Å². The van der Waals surface area contributed by atoms with Crippen LogP contribution in [0.4, 0.5) is 8.78 Å². The molecule has 92 valence electrons. The van der Waals surface area contributed by atoms with Crippen molar-refractivity contribution in [3.63, 3.8) is 0 Å². The Labute approximate surface area is 97.7 Å². The van der Waals surface area contributed by atoms with Gasteiger partial charge in [-0.05, 0) is 13.0 Å². The lowest BCUT2D eigenvalue weighted by Gasteiger charge is -2.24. The number of benzene rings is 1. The number of hydrogen-bond acceptors (Lipinski definition) is 3. The summed E-state index contributed by atoms with van der Waals surface area (Å²) in [5.74, 6) is -1.01. The van der Waals surface area contributed by atoms with Gasteiger partial charge in [-0.3, -0.25) is 0 Å². The molecule has 2 heterocycles. The van der Waals surface area contributed by atoms with E-state index in [-0.39, 0.29) is 5.92 Å². The zero-order valence-electron chi connectivity index (χ0n) is 9.26. The van der Waals surface area contributed by atoms with Crippen molar-refractivity contribution in [1.29, 1.82) is 0 Å². The quantitative estimate of drug-likeness (QED) is 0.813. The molecule has 0 spiro atoms. The minimum atomic E-state index is -0.865. The lowest BCUT2D eigenvalue weighted by molar-refractivity contribution is 0.166. The molecule has 0 aliphatic carbocycles. The molecule has 3 nitrogen and oxygen atoms in total. The van der Waals surface area contributed by atoms with Crippen LogP contribution in [0.5, 0.6) is 11.5 Å². The van der Waals surface area contributed by atoms with Gasteiger partial charge in [0.1, 0.15) is 13.2 Å². The third kappa shape index (κ3) is 1.74. The van der Waals surface area contributed by atoms with Crippen molar-refractivity contribution in [2.75, 3.05) is 26.3 Å². The molecule has 2 aliphatic heterocycles. The van der Waals surface area contributed by atoms with E-state index in [0.29, 0.717) is 36.8 Å². The summed E-state index contributed by atoms with van der Waals surface area (Å²) in [4.78, 5) is 0. The van der Waals surface area contributed by atoms with Crippen LogP contribution in [0.1, 0.15) is 17.9 Å². The molecule has 1 aromatic rings. The van der Waals surface area contributed by atoms with Crippen molar-refractivity contribution in [2.24, 2.45) is 0 Å². The first kappa shape index (κ1) is 10.8. The summed E-state index contributed by atoms with van der Waals surface area (Å²) in [7, 11) is 0. The van der Waals surface area contributed by atoms with E-state index in [4.69, 9.17) is 9.47 Å². The Hall–Kier alpha value is -1.36. The lowest BCUT2D eigenvalue weighted by Crippen LogP contribution is -2.19. The normalized spacial score (nSPS) is 22.8. The molecular formula is C12H13F2NO2. The van der Waals surface area contributed by atoms with Crippen molar-refractivity contribution in [1.82, 2.24) is 5.32 Å². The molecule has 1 N–H and O–H groups in total. The standard InChI is InChI=1S/C12H13F2NO2/c13-8-5-9-12(17-4-3-16-9)10(11(8)14)7-1-2-15-6-7/h5,7,15H,1-4,6H2. The van der Waals surface area contributed by atoms with Crippen LogP contribution in [0.3, 0.4) is 0 Å². The Morgan fingerprint density at radius 1 is 1.24 bits per heavy atom. The van der Waals surface area contributed by atoms with E-state index < -0.39 is 11.6 Å². The first-order valence-electron chi connectivity index (χ1n) is 5.75. The Morgan fingerprint density at radius 3 is 2.82 bits per heavy atom. The summed E-state index contributed by atoms with van der Waals surface area (Å²) in [6.45, 7) is 2.22. The van der Waals surface area contributed by atoms with Gasteiger partial charge < -0.3 is 14.8 Å². The van der Waals surface area contributed by atoms with Gasteiger partial charge in [0.25, 0.3) is 0 Å². The topological polar surface area (TPSA) is 30.5 Å². The van der Waals surface area contributed by atoms with Crippen LogP contribution < -0.4 is 14.8 Å². The Kier molecular flexibility index (Phi) is 2.63. The summed E-state index contributed by atoms with van der Waals surface area (Å²) in [5.41, 5.74) is 0.324. The highest BCUT2D eigenvalue weighted by Crippen LogP contribution is 2.42. The smallest absolute Gasteiger partial charge is 0.168 e. The Morgan fingerprint density at radius 2 is 2.06 bits per heavy atom. The third-order valence-electron chi connectivity index (χ3n) is 3.23. The van der Waals surface area contributed by atoms with Gasteiger partial charge in [-0.2, -0.15) is 0 Å². The average Bonchev–Trinajstić information content (AvgIpc) is 2.84. The fourth-order valence-electron chi connectivity index (χ4n) is 2.42. The van der Waals surface area contributed by atoms with Crippen LogP contribution in [-0.4, -0.2) is 26.3 Å². The first-order chi connectivity index (χ1) is 8.27. The van der Waals surface area contributed by atoms with Crippen LogP contribution in [0.15, 0.2) is 6.07 Å². The molecule has 3 rings (SSSR count). The second-order valence-corrected chi connectivity index (χ2v) is 4.30. The molecule has 2 aliphatic rings. The SMILES string of the molecule is Fc1cc2c(c(C3CCNC3)c1F)OCCO2. The molecule has 0 aromatic heterocycles. The molecule has 5 heteroatoms. The van der Waals surface area contributed by atoms with E-state index in [1.165, 1.54) is 0 Å². The van der Waals surface area contributed by atoms with Gasteiger partial charge in [0.2, 0.25) is 0 Å². The van der Waals surface area contributed by atoms with Crippen molar-refractivity contribution < 1.29 is 18.3 Å². The van der Waals surface area contributed by atoms with Crippen LogP contribution in [0.25, 0.3) is 0 Å². The predicted molar refractivity (Wildman–Crippen MR) is 57.6 cm³/mol. The van der Waals surface area contributed by atoms with Crippen LogP contribution in [0, 0.1) is 11.6 Å². The third-order valence-corrected chi connectivity index (χ3v) is 3.23. The molecule has 0 bridgehead atoms. The van der Waals surface area contributed by atoms with E-state index in [2.05, 4.69) is 5.32 Å². The van der Waals surface area contributed by atoms with E-state index >= 15 is 0 Å². The summed E-state index contributed by atoms with van der Waals surface area (Å²) in [6.07, 6.45) is 0.788. The summed E-state index contributed by atoms with van der Waals surface area (Å²) in [5, 5.41) is 3.14. The summed E-state index contributed by atoms with van der Waals surface area (Å²) >= 11 is 0. The average molecular weight is 241 g/mol. The van der Waals surface area contributed by atoms with Gasteiger partial charge >= 0.3 is 0 Å². The molecule has 1 atom stereocenters. The van der Waals surface area contributed by atoms with Crippen LogP contribution >= 0.6 is 0 Å². The minimum absolute atomic E-state index is 0.0406. The summed E-state index contributed by atoms with van der Waals surface area (Å²) in [6, 6.07) is 1.07. The maximum Gasteiger partial charge on any atom is 0.168 e. The van der Waals surface area contributed by atoms with Crippen molar-refractivity contribution in [3.05, 3.63) is 23.3 Å². The molecular weight excluding hydrogens is 228 g/mol.